The molecule has 0 saturated carbocycles. The zero-order chi connectivity index (χ0) is 16.2. The van der Waals surface area contributed by atoms with E-state index in [-0.39, 0.29) is 11.0 Å². The van der Waals surface area contributed by atoms with Gasteiger partial charge in [-0.2, -0.15) is 0 Å². The summed E-state index contributed by atoms with van der Waals surface area (Å²) in [6, 6.07) is 6.84. The number of benzene rings is 1. The summed E-state index contributed by atoms with van der Waals surface area (Å²) in [5.41, 5.74) is 0.507. The number of ether oxygens (including phenoxy) is 3. The second-order valence-electron chi connectivity index (χ2n) is 4.27. The summed E-state index contributed by atoms with van der Waals surface area (Å²) in [6.07, 6.45) is 0. The quantitative estimate of drug-likeness (QED) is 0.527. The van der Waals surface area contributed by atoms with Crippen molar-refractivity contribution in [3.05, 3.63) is 29.8 Å². The predicted molar refractivity (Wildman–Crippen MR) is 88.4 cm³/mol. The van der Waals surface area contributed by atoms with Gasteiger partial charge in [0.15, 0.2) is 5.11 Å². The Kier molecular flexibility index (Phi) is 9.13. The van der Waals surface area contributed by atoms with Gasteiger partial charge in [-0.25, -0.2) is 0 Å². The van der Waals surface area contributed by atoms with E-state index in [1.165, 1.54) is 0 Å². The molecular weight excluding hydrogens is 304 g/mol. The van der Waals surface area contributed by atoms with E-state index in [9.17, 15) is 4.79 Å². The molecule has 0 radical (unpaired) electrons. The lowest BCUT2D eigenvalue weighted by Crippen LogP contribution is -2.40. The monoisotopic (exact) mass is 326 g/mol. The van der Waals surface area contributed by atoms with Crippen LogP contribution in [0.25, 0.3) is 0 Å². The normalized spacial score (nSPS) is 10.1. The number of amides is 1. The molecule has 0 aliphatic rings. The van der Waals surface area contributed by atoms with E-state index in [1.807, 2.05) is 6.92 Å². The first-order valence-electron chi connectivity index (χ1n) is 7.06. The van der Waals surface area contributed by atoms with Gasteiger partial charge in [0.2, 0.25) is 0 Å². The highest BCUT2D eigenvalue weighted by Gasteiger charge is 2.07. The molecule has 6 nitrogen and oxygen atoms in total. The number of carbonyl (C=O) groups excluding carboxylic acids is 1. The van der Waals surface area contributed by atoms with Gasteiger partial charge in [0.25, 0.3) is 5.91 Å². The number of rotatable bonds is 9. The average molecular weight is 326 g/mol. The number of hydrogen-bond acceptors (Lipinski definition) is 5. The Morgan fingerprint density at radius 1 is 1.18 bits per heavy atom. The second-order valence-corrected chi connectivity index (χ2v) is 4.68. The first-order valence-corrected chi connectivity index (χ1v) is 7.47. The lowest BCUT2D eigenvalue weighted by molar-refractivity contribution is 0.0976. The molecule has 0 saturated heterocycles. The van der Waals surface area contributed by atoms with Crippen LogP contribution >= 0.6 is 12.2 Å². The lowest BCUT2D eigenvalue weighted by Gasteiger charge is -2.10. The largest absolute Gasteiger partial charge is 0.491 e. The molecule has 0 spiro atoms. The molecule has 0 aliphatic carbocycles. The summed E-state index contributed by atoms with van der Waals surface area (Å²) in [7, 11) is 1.60. The van der Waals surface area contributed by atoms with Crippen molar-refractivity contribution in [3.63, 3.8) is 0 Å². The Labute approximate surface area is 136 Å². The molecule has 0 heterocycles. The molecule has 22 heavy (non-hydrogen) atoms. The maximum Gasteiger partial charge on any atom is 0.257 e. The van der Waals surface area contributed by atoms with Gasteiger partial charge in [0.1, 0.15) is 12.4 Å². The molecule has 0 fully saturated rings. The molecule has 0 bridgehead atoms. The topological polar surface area (TPSA) is 68.8 Å². The van der Waals surface area contributed by atoms with Crippen LogP contribution in [0.2, 0.25) is 0 Å². The van der Waals surface area contributed by atoms with E-state index in [4.69, 9.17) is 26.4 Å². The Bertz CT molecular complexity index is 465. The Morgan fingerprint density at radius 3 is 2.55 bits per heavy atom. The summed E-state index contributed by atoms with van der Waals surface area (Å²) in [6.45, 7) is 4.68. The third-order valence-electron chi connectivity index (χ3n) is 2.64. The zero-order valence-corrected chi connectivity index (χ0v) is 13.7. The van der Waals surface area contributed by atoms with Gasteiger partial charge in [-0.1, -0.05) is 0 Å². The highest BCUT2D eigenvalue weighted by molar-refractivity contribution is 7.80. The minimum Gasteiger partial charge on any atom is -0.491 e. The van der Waals surface area contributed by atoms with Gasteiger partial charge in [-0.3, -0.25) is 10.1 Å². The molecule has 0 unspecified atom stereocenters. The fourth-order valence-electron chi connectivity index (χ4n) is 1.55. The van der Waals surface area contributed by atoms with Gasteiger partial charge in [0.05, 0.1) is 13.2 Å². The van der Waals surface area contributed by atoms with Gasteiger partial charge < -0.3 is 19.5 Å². The molecule has 1 rings (SSSR count). The van der Waals surface area contributed by atoms with Crippen molar-refractivity contribution in [1.82, 2.24) is 10.6 Å². The minimum absolute atomic E-state index is 0.268. The van der Waals surface area contributed by atoms with E-state index in [0.29, 0.717) is 44.3 Å². The smallest absolute Gasteiger partial charge is 0.257 e. The Hall–Kier alpha value is -1.70. The SMILES string of the molecule is CCOCCOc1ccc(C(=O)NC(=S)NCCOC)cc1. The number of nitrogens with one attached hydrogen (secondary N) is 2. The van der Waals surface area contributed by atoms with Crippen molar-refractivity contribution in [2.24, 2.45) is 0 Å². The lowest BCUT2D eigenvalue weighted by atomic mass is 10.2. The molecule has 7 heteroatoms. The standard InChI is InChI=1S/C15H22N2O4S/c1-3-20-10-11-21-13-6-4-12(5-7-13)14(18)17-15(22)16-8-9-19-2/h4-7H,3,8-11H2,1-2H3,(H2,16,17,18,22). The van der Waals surface area contributed by atoms with Crippen LogP contribution < -0.4 is 15.4 Å². The fourth-order valence-corrected chi connectivity index (χ4v) is 1.75. The van der Waals surface area contributed by atoms with Gasteiger partial charge in [-0.15, -0.1) is 0 Å². The van der Waals surface area contributed by atoms with Crippen LogP contribution in [0, 0.1) is 0 Å². The number of thiocarbonyl (C=S) groups is 1. The predicted octanol–water partition coefficient (Wildman–Crippen LogP) is 1.35. The third kappa shape index (κ3) is 7.35. The Morgan fingerprint density at radius 2 is 1.91 bits per heavy atom. The highest BCUT2D eigenvalue weighted by Crippen LogP contribution is 2.12. The van der Waals surface area contributed by atoms with E-state index >= 15 is 0 Å². The fraction of sp³-hybridized carbons (Fsp3) is 0.467. The van der Waals surface area contributed by atoms with Crippen LogP contribution in [0.3, 0.4) is 0 Å². The van der Waals surface area contributed by atoms with Crippen LogP contribution in [0.4, 0.5) is 0 Å². The van der Waals surface area contributed by atoms with Gasteiger partial charge >= 0.3 is 0 Å². The van der Waals surface area contributed by atoms with Crippen molar-refractivity contribution in [1.29, 1.82) is 0 Å². The molecular formula is C15H22N2O4S. The Balaban J connectivity index is 2.38. The van der Waals surface area contributed by atoms with E-state index in [2.05, 4.69) is 10.6 Å². The molecule has 0 aliphatic heterocycles. The summed E-state index contributed by atoms with van der Waals surface area (Å²) < 4.78 is 15.5. The van der Waals surface area contributed by atoms with Crippen LogP contribution in [0.5, 0.6) is 5.75 Å². The molecule has 1 aromatic carbocycles. The number of carbonyl (C=O) groups is 1. The molecule has 2 N–H and O–H groups in total. The second kappa shape index (κ2) is 10.9. The van der Waals surface area contributed by atoms with Crippen LogP contribution in [-0.4, -0.2) is 51.1 Å². The average Bonchev–Trinajstić information content (AvgIpc) is 2.52. The summed E-state index contributed by atoms with van der Waals surface area (Å²) >= 11 is 5.01. The molecule has 1 aromatic rings. The van der Waals surface area contributed by atoms with Crippen molar-refractivity contribution in [2.75, 3.05) is 40.1 Å². The molecule has 0 aromatic heterocycles. The van der Waals surface area contributed by atoms with Crippen molar-refractivity contribution in [3.8, 4) is 5.75 Å². The van der Waals surface area contributed by atoms with Crippen molar-refractivity contribution in [2.45, 2.75) is 6.92 Å². The van der Waals surface area contributed by atoms with E-state index in [1.54, 1.807) is 31.4 Å². The summed E-state index contributed by atoms with van der Waals surface area (Å²) in [4.78, 5) is 12.0. The first kappa shape index (κ1) is 18.3. The molecule has 0 atom stereocenters. The summed E-state index contributed by atoms with van der Waals surface area (Å²) in [5, 5.41) is 5.75. The van der Waals surface area contributed by atoms with Crippen molar-refractivity contribution >= 4 is 23.2 Å². The molecule has 1 amide bonds. The van der Waals surface area contributed by atoms with Gasteiger partial charge in [0, 0.05) is 25.8 Å². The molecule has 122 valence electrons. The number of methoxy groups -OCH3 is 1. The number of hydrogen-bond donors (Lipinski definition) is 2. The van der Waals surface area contributed by atoms with Crippen LogP contribution in [-0.2, 0) is 9.47 Å². The van der Waals surface area contributed by atoms with Gasteiger partial charge in [-0.05, 0) is 43.4 Å². The van der Waals surface area contributed by atoms with Crippen LogP contribution in [0.1, 0.15) is 17.3 Å². The maximum absolute atomic E-state index is 12.0. The minimum atomic E-state index is -0.268. The van der Waals surface area contributed by atoms with Crippen LogP contribution in [0.15, 0.2) is 24.3 Å². The van der Waals surface area contributed by atoms with E-state index in [0.717, 1.165) is 0 Å². The third-order valence-corrected chi connectivity index (χ3v) is 2.88. The summed E-state index contributed by atoms with van der Waals surface area (Å²) in [5.74, 6) is 0.424. The maximum atomic E-state index is 12.0. The van der Waals surface area contributed by atoms with Crippen molar-refractivity contribution < 1.29 is 19.0 Å². The first-order chi connectivity index (χ1) is 10.7. The van der Waals surface area contributed by atoms with E-state index < -0.39 is 0 Å². The highest BCUT2D eigenvalue weighted by atomic mass is 32.1. The zero-order valence-electron chi connectivity index (χ0n) is 12.9.